The summed E-state index contributed by atoms with van der Waals surface area (Å²) >= 11 is 1.34. The van der Waals surface area contributed by atoms with Crippen LogP contribution < -0.4 is 0 Å². The summed E-state index contributed by atoms with van der Waals surface area (Å²) in [4.78, 5) is 13.5. The first-order valence-electron chi connectivity index (χ1n) is 7.38. The first kappa shape index (κ1) is 15.7. The van der Waals surface area contributed by atoms with Crippen molar-refractivity contribution < 1.29 is 13.9 Å². The standard InChI is InChI=1S/C17H17FN2O2S/c1-10(2)9-22-17(21)15-8-14-11(3)19-20(16(14)23-15)13-6-4-12(18)5-7-13/h4-8,10H,9H2,1-3H3. The second-order valence-corrected chi connectivity index (χ2v) is 6.83. The smallest absolute Gasteiger partial charge is 0.348 e. The number of aromatic nitrogens is 2. The number of thiophene rings is 1. The number of carbonyl (C=O) groups excluding carboxylic acids is 1. The molecule has 0 atom stereocenters. The van der Waals surface area contributed by atoms with Crippen LogP contribution in [0.2, 0.25) is 0 Å². The fraction of sp³-hybridized carbons (Fsp3) is 0.294. The van der Waals surface area contributed by atoms with E-state index in [-0.39, 0.29) is 11.8 Å². The van der Waals surface area contributed by atoms with Gasteiger partial charge in [0, 0.05) is 5.39 Å². The maximum Gasteiger partial charge on any atom is 0.348 e. The number of benzene rings is 1. The van der Waals surface area contributed by atoms with E-state index in [0.717, 1.165) is 21.6 Å². The first-order valence-corrected chi connectivity index (χ1v) is 8.19. The van der Waals surface area contributed by atoms with Gasteiger partial charge in [0.1, 0.15) is 15.5 Å². The lowest BCUT2D eigenvalue weighted by Gasteiger charge is -2.05. The van der Waals surface area contributed by atoms with Crippen molar-refractivity contribution in [1.82, 2.24) is 9.78 Å². The molecular weight excluding hydrogens is 315 g/mol. The predicted molar refractivity (Wildman–Crippen MR) is 88.8 cm³/mol. The van der Waals surface area contributed by atoms with E-state index < -0.39 is 0 Å². The van der Waals surface area contributed by atoms with Crippen LogP contribution in [0, 0.1) is 18.7 Å². The van der Waals surface area contributed by atoms with Crippen molar-refractivity contribution in [2.24, 2.45) is 5.92 Å². The van der Waals surface area contributed by atoms with Crippen LogP contribution in [0.25, 0.3) is 15.9 Å². The molecule has 0 fully saturated rings. The molecule has 0 unspecified atom stereocenters. The molecule has 1 aromatic carbocycles. The number of aryl methyl sites for hydroxylation is 1. The molecule has 2 heterocycles. The molecule has 120 valence electrons. The van der Waals surface area contributed by atoms with Gasteiger partial charge in [-0.25, -0.2) is 13.9 Å². The molecule has 0 spiro atoms. The van der Waals surface area contributed by atoms with Crippen molar-refractivity contribution in [3.8, 4) is 5.69 Å². The van der Waals surface area contributed by atoms with Gasteiger partial charge in [0.2, 0.25) is 0 Å². The average Bonchev–Trinajstić information content (AvgIpc) is 3.07. The van der Waals surface area contributed by atoms with Gasteiger partial charge >= 0.3 is 5.97 Å². The highest BCUT2D eigenvalue weighted by atomic mass is 32.1. The number of hydrogen-bond acceptors (Lipinski definition) is 4. The van der Waals surface area contributed by atoms with Crippen molar-refractivity contribution in [1.29, 1.82) is 0 Å². The molecule has 0 bridgehead atoms. The Balaban J connectivity index is 1.98. The number of esters is 1. The largest absolute Gasteiger partial charge is 0.461 e. The van der Waals surface area contributed by atoms with Crippen LogP contribution in [0.4, 0.5) is 4.39 Å². The van der Waals surface area contributed by atoms with Crippen molar-refractivity contribution in [2.75, 3.05) is 6.61 Å². The van der Waals surface area contributed by atoms with Crippen molar-refractivity contribution in [2.45, 2.75) is 20.8 Å². The Labute approximate surface area is 137 Å². The molecule has 0 aliphatic rings. The third-order valence-corrected chi connectivity index (χ3v) is 4.46. The lowest BCUT2D eigenvalue weighted by atomic mass is 10.2. The van der Waals surface area contributed by atoms with Gasteiger partial charge in [0.25, 0.3) is 0 Å². The molecule has 4 nitrogen and oxygen atoms in total. The lowest BCUT2D eigenvalue weighted by molar-refractivity contribution is 0.0465. The van der Waals surface area contributed by atoms with Crippen LogP contribution in [-0.4, -0.2) is 22.4 Å². The van der Waals surface area contributed by atoms with Gasteiger partial charge in [0.05, 0.1) is 18.0 Å². The number of ether oxygens (including phenoxy) is 1. The predicted octanol–water partition coefficient (Wildman–Crippen LogP) is 4.35. The highest BCUT2D eigenvalue weighted by molar-refractivity contribution is 7.20. The summed E-state index contributed by atoms with van der Waals surface area (Å²) in [7, 11) is 0. The van der Waals surface area contributed by atoms with E-state index in [1.165, 1.54) is 23.5 Å². The molecule has 0 saturated heterocycles. The normalized spacial score (nSPS) is 11.3. The monoisotopic (exact) mass is 332 g/mol. The van der Waals surface area contributed by atoms with Crippen LogP contribution in [0.15, 0.2) is 30.3 Å². The van der Waals surface area contributed by atoms with Gasteiger partial charge < -0.3 is 4.74 Å². The van der Waals surface area contributed by atoms with Gasteiger partial charge in [-0.2, -0.15) is 5.10 Å². The van der Waals surface area contributed by atoms with E-state index in [0.29, 0.717) is 17.4 Å². The van der Waals surface area contributed by atoms with E-state index in [9.17, 15) is 9.18 Å². The second-order valence-electron chi connectivity index (χ2n) is 5.80. The van der Waals surface area contributed by atoms with E-state index in [2.05, 4.69) is 5.10 Å². The fourth-order valence-electron chi connectivity index (χ4n) is 2.22. The van der Waals surface area contributed by atoms with E-state index >= 15 is 0 Å². The zero-order chi connectivity index (χ0) is 16.6. The third kappa shape index (κ3) is 3.12. The minimum atomic E-state index is -0.315. The third-order valence-electron chi connectivity index (χ3n) is 3.36. The molecule has 23 heavy (non-hydrogen) atoms. The van der Waals surface area contributed by atoms with Gasteiger partial charge in [-0.1, -0.05) is 13.8 Å². The molecule has 3 aromatic rings. The Hall–Kier alpha value is -2.21. The van der Waals surface area contributed by atoms with Crippen molar-refractivity contribution in [3.63, 3.8) is 0 Å². The molecule has 2 aromatic heterocycles. The Morgan fingerprint density at radius 3 is 2.70 bits per heavy atom. The maximum atomic E-state index is 13.1. The fourth-order valence-corrected chi connectivity index (χ4v) is 3.30. The molecule has 0 amide bonds. The van der Waals surface area contributed by atoms with Crippen LogP contribution in [0.1, 0.15) is 29.2 Å². The summed E-state index contributed by atoms with van der Waals surface area (Å²) < 4.78 is 20.1. The minimum Gasteiger partial charge on any atom is -0.461 e. The summed E-state index contributed by atoms with van der Waals surface area (Å²) in [6, 6.07) is 7.92. The highest BCUT2D eigenvalue weighted by Crippen LogP contribution is 2.30. The Morgan fingerprint density at radius 2 is 2.04 bits per heavy atom. The summed E-state index contributed by atoms with van der Waals surface area (Å²) in [6.07, 6.45) is 0. The molecule has 6 heteroatoms. The number of carbonyl (C=O) groups is 1. The van der Waals surface area contributed by atoms with Gasteiger partial charge in [-0.05, 0) is 43.2 Å². The maximum absolute atomic E-state index is 13.1. The Kier molecular flexibility index (Phi) is 4.17. The van der Waals surface area contributed by atoms with E-state index in [1.807, 2.05) is 26.8 Å². The summed E-state index contributed by atoms with van der Waals surface area (Å²) in [6.45, 7) is 6.28. The zero-order valence-corrected chi connectivity index (χ0v) is 14.0. The molecule has 0 saturated carbocycles. The molecule has 0 radical (unpaired) electrons. The Morgan fingerprint density at radius 1 is 1.35 bits per heavy atom. The number of hydrogen-bond donors (Lipinski definition) is 0. The van der Waals surface area contributed by atoms with E-state index in [4.69, 9.17) is 4.74 Å². The van der Waals surface area contributed by atoms with Gasteiger partial charge in [-0.15, -0.1) is 11.3 Å². The van der Waals surface area contributed by atoms with Crippen LogP contribution >= 0.6 is 11.3 Å². The number of fused-ring (bicyclic) bond motifs is 1. The van der Waals surface area contributed by atoms with Crippen molar-refractivity contribution >= 4 is 27.5 Å². The van der Waals surface area contributed by atoms with Gasteiger partial charge in [0.15, 0.2) is 0 Å². The summed E-state index contributed by atoms with van der Waals surface area (Å²) in [5, 5.41) is 5.39. The minimum absolute atomic E-state index is 0.294. The van der Waals surface area contributed by atoms with Crippen LogP contribution in [-0.2, 0) is 4.74 Å². The number of rotatable bonds is 4. The SMILES string of the molecule is Cc1nn(-c2ccc(F)cc2)c2sc(C(=O)OCC(C)C)cc12. The quantitative estimate of drug-likeness (QED) is 0.667. The lowest BCUT2D eigenvalue weighted by Crippen LogP contribution is -2.08. The molecular formula is C17H17FN2O2S. The second kappa shape index (κ2) is 6.12. The number of nitrogens with zero attached hydrogens (tertiary/aromatic N) is 2. The zero-order valence-electron chi connectivity index (χ0n) is 13.2. The van der Waals surface area contributed by atoms with Crippen LogP contribution in [0.3, 0.4) is 0 Å². The van der Waals surface area contributed by atoms with E-state index in [1.54, 1.807) is 16.8 Å². The summed E-state index contributed by atoms with van der Waals surface area (Å²) in [5.74, 6) is -0.312. The summed E-state index contributed by atoms with van der Waals surface area (Å²) in [5.41, 5.74) is 1.58. The topological polar surface area (TPSA) is 44.1 Å². The molecule has 0 N–H and O–H groups in total. The van der Waals surface area contributed by atoms with Gasteiger partial charge in [-0.3, -0.25) is 0 Å². The van der Waals surface area contributed by atoms with Crippen LogP contribution in [0.5, 0.6) is 0 Å². The molecule has 0 aliphatic heterocycles. The molecule has 3 rings (SSSR count). The highest BCUT2D eigenvalue weighted by Gasteiger charge is 2.18. The molecule has 0 aliphatic carbocycles. The first-order chi connectivity index (χ1) is 11.0. The van der Waals surface area contributed by atoms with Crippen molar-refractivity contribution in [3.05, 3.63) is 46.7 Å². The number of halogens is 1. The average molecular weight is 332 g/mol. The Bertz CT molecular complexity index is 849.